The van der Waals surface area contributed by atoms with E-state index in [9.17, 15) is 24.6 Å². The minimum atomic E-state index is -1.85. The van der Waals surface area contributed by atoms with Crippen LogP contribution in [0.15, 0.2) is 23.0 Å². The van der Waals surface area contributed by atoms with E-state index >= 15 is 0 Å². The van der Waals surface area contributed by atoms with E-state index in [2.05, 4.69) is 0 Å². The van der Waals surface area contributed by atoms with Gasteiger partial charge in [-0.3, -0.25) is 14.4 Å². The molecule has 0 amide bonds. The highest BCUT2D eigenvalue weighted by Gasteiger charge is 2.88. The van der Waals surface area contributed by atoms with E-state index in [1.807, 2.05) is 20.8 Å². The summed E-state index contributed by atoms with van der Waals surface area (Å²) in [6.45, 7) is 7.51. The van der Waals surface area contributed by atoms with Crippen LogP contribution in [0.4, 0.5) is 0 Å². The number of hydrogen-bond donors (Lipinski definition) is 2. The molecule has 37 heavy (non-hydrogen) atoms. The first-order chi connectivity index (χ1) is 16.7. The third kappa shape index (κ3) is 2.67. The average molecular weight is 521 g/mol. The molecular weight excluding hydrogens is 484 g/mol. The zero-order chi connectivity index (χ0) is 26.1. The Balaban J connectivity index is 0.00000280. The molecule has 9 atom stereocenters. The highest BCUT2D eigenvalue weighted by molar-refractivity contribution is 5.97. The van der Waals surface area contributed by atoms with Crippen LogP contribution in [-0.4, -0.2) is 63.4 Å². The SMILES string of the molecule is COC(=O)C[C@H]1C(C)(C)[C@@H]2O[C@@]34C[C@]2(O)C(=O)[C@]1(C)[C@H]3CC[C@@]1(C)[C@H](c2ccoc2)OC(=O)C[C@]14O.O. The Morgan fingerprint density at radius 2 is 1.89 bits per heavy atom. The van der Waals surface area contributed by atoms with Crippen molar-refractivity contribution in [2.24, 2.45) is 28.1 Å². The zero-order valence-corrected chi connectivity index (χ0v) is 21.8. The van der Waals surface area contributed by atoms with E-state index in [4.69, 9.17) is 18.6 Å². The largest absolute Gasteiger partial charge is 0.472 e. The molecule has 1 spiro atoms. The van der Waals surface area contributed by atoms with Gasteiger partial charge >= 0.3 is 11.9 Å². The number of hydrogen-bond acceptors (Lipinski definition) is 9. The third-order valence-corrected chi connectivity index (χ3v) is 11.0. The van der Waals surface area contributed by atoms with Gasteiger partial charge in [-0.1, -0.05) is 27.7 Å². The van der Waals surface area contributed by atoms with Gasteiger partial charge in [0.25, 0.3) is 0 Å². The van der Waals surface area contributed by atoms with Gasteiger partial charge in [0.2, 0.25) is 0 Å². The normalized spacial score (nSPS) is 48.9. The molecule has 0 unspecified atom stereocenters. The molecule has 0 aromatic carbocycles. The molecule has 3 heterocycles. The molecule has 10 nitrogen and oxygen atoms in total. The molecule has 3 bridgehead atoms. The molecule has 6 rings (SSSR count). The number of carbonyl (C=O) groups excluding carboxylic acids is 3. The van der Waals surface area contributed by atoms with Crippen molar-refractivity contribution in [1.82, 2.24) is 0 Å². The van der Waals surface area contributed by atoms with Crippen molar-refractivity contribution in [2.45, 2.75) is 88.8 Å². The quantitative estimate of drug-likeness (QED) is 0.564. The first-order valence-corrected chi connectivity index (χ1v) is 12.7. The summed E-state index contributed by atoms with van der Waals surface area (Å²) in [5.41, 5.74) is -7.27. The fraction of sp³-hybridized carbons (Fsp3) is 0.741. The summed E-state index contributed by atoms with van der Waals surface area (Å²) >= 11 is 0. The van der Waals surface area contributed by atoms with E-state index in [-0.39, 0.29) is 30.5 Å². The number of fused-ring (bicyclic) bond motifs is 3. The second-order valence-corrected chi connectivity index (χ2v) is 12.7. The standard InChI is InChI=1S/C27H34O9.H2O/c1-22(2)16(10-17(28)33-5)24(4)15-6-8-23(3)19(14-7-9-34-12-14)35-18(29)11-27(23,32)26(15)13-25(31,20(24)30)21(22)36-26;/h7,9,12,15-16,19,21,31-32H,6,8,10-11,13H2,1-5H3;1H2/t15-,16+,19+,21+,23+,24-,25+,26+,27+;/m1./s1. The number of ether oxygens (including phenoxy) is 3. The summed E-state index contributed by atoms with van der Waals surface area (Å²) in [7, 11) is 1.32. The van der Waals surface area contributed by atoms with Gasteiger partial charge < -0.3 is 34.3 Å². The van der Waals surface area contributed by atoms with Crippen LogP contribution in [0.25, 0.3) is 0 Å². The molecule has 10 heteroatoms. The maximum atomic E-state index is 14.1. The Labute approximate surface area is 214 Å². The van der Waals surface area contributed by atoms with Crippen LogP contribution in [0.5, 0.6) is 0 Å². The van der Waals surface area contributed by atoms with Crippen LogP contribution in [0, 0.1) is 28.1 Å². The molecule has 3 saturated carbocycles. The topological polar surface area (TPSA) is 164 Å². The monoisotopic (exact) mass is 520 g/mol. The van der Waals surface area contributed by atoms with E-state index in [0.717, 1.165) is 0 Å². The summed E-state index contributed by atoms with van der Waals surface area (Å²) in [5, 5.41) is 24.8. The van der Waals surface area contributed by atoms with Gasteiger partial charge in [0.15, 0.2) is 11.4 Å². The number of furan rings is 1. The Hall–Kier alpha value is -2.27. The van der Waals surface area contributed by atoms with Crippen molar-refractivity contribution in [3.8, 4) is 0 Å². The van der Waals surface area contributed by atoms with Crippen molar-refractivity contribution in [1.29, 1.82) is 0 Å². The lowest BCUT2D eigenvalue weighted by Crippen LogP contribution is -2.79. The van der Waals surface area contributed by atoms with Gasteiger partial charge in [-0.2, -0.15) is 0 Å². The molecule has 2 aliphatic heterocycles. The molecule has 204 valence electrons. The van der Waals surface area contributed by atoms with Crippen LogP contribution in [0.2, 0.25) is 0 Å². The average Bonchev–Trinajstić information content (AvgIpc) is 3.43. The second-order valence-electron chi connectivity index (χ2n) is 12.7. The predicted octanol–water partition coefficient (Wildman–Crippen LogP) is 1.66. The summed E-state index contributed by atoms with van der Waals surface area (Å²) < 4.78 is 22.9. The number of rotatable bonds is 3. The fourth-order valence-electron chi connectivity index (χ4n) is 9.48. The molecule has 5 aliphatic rings. The van der Waals surface area contributed by atoms with Crippen molar-refractivity contribution < 1.29 is 48.7 Å². The lowest BCUT2D eigenvalue weighted by molar-refractivity contribution is -0.317. The maximum Gasteiger partial charge on any atom is 0.309 e. The van der Waals surface area contributed by atoms with Crippen molar-refractivity contribution >= 4 is 17.7 Å². The van der Waals surface area contributed by atoms with E-state index < -0.39 is 69.0 Å². The van der Waals surface area contributed by atoms with Gasteiger partial charge in [0, 0.05) is 35.2 Å². The molecule has 1 aromatic heterocycles. The minimum absolute atomic E-state index is 0. The number of methoxy groups -OCH3 is 1. The number of ketones is 1. The number of carbonyl (C=O) groups is 3. The summed E-state index contributed by atoms with van der Waals surface area (Å²) in [6.07, 6.45) is 1.77. The van der Waals surface area contributed by atoms with Gasteiger partial charge in [0.05, 0.1) is 32.2 Å². The maximum absolute atomic E-state index is 14.1. The molecule has 1 aromatic rings. The molecule has 4 N–H and O–H groups in total. The molecule has 0 radical (unpaired) electrons. The third-order valence-electron chi connectivity index (χ3n) is 11.0. The molecule has 2 saturated heterocycles. The lowest BCUT2D eigenvalue weighted by Gasteiger charge is -2.68. The van der Waals surface area contributed by atoms with Gasteiger partial charge in [0.1, 0.15) is 17.3 Å². The van der Waals surface area contributed by atoms with Crippen LogP contribution in [-0.2, 0) is 28.6 Å². The van der Waals surface area contributed by atoms with Crippen LogP contribution in [0.1, 0.15) is 71.5 Å². The van der Waals surface area contributed by atoms with Gasteiger partial charge in [-0.25, -0.2) is 0 Å². The molecule has 3 aliphatic carbocycles. The number of esters is 2. The Morgan fingerprint density at radius 1 is 1.19 bits per heavy atom. The van der Waals surface area contributed by atoms with Crippen molar-refractivity contribution in [3.05, 3.63) is 24.2 Å². The predicted molar refractivity (Wildman–Crippen MR) is 126 cm³/mol. The number of cyclic esters (lactones) is 1. The Morgan fingerprint density at radius 3 is 2.51 bits per heavy atom. The summed E-state index contributed by atoms with van der Waals surface area (Å²) in [5.74, 6) is -2.37. The Bertz CT molecular complexity index is 1160. The number of aliphatic hydroxyl groups is 2. The first kappa shape index (κ1) is 26.3. The van der Waals surface area contributed by atoms with Gasteiger partial charge in [-0.15, -0.1) is 0 Å². The highest BCUT2D eigenvalue weighted by atomic mass is 16.6. The van der Waals surface area contributed by atoms with E-state index in [0.29, 0.717) is 18.4 Å². The first-order valence-electron chi connectivity index (χ1n) is 12.7. The van der Waals surface area contributed by atoms with Crippen LogP contribution >= 0.6 is 0 Å². The highest BCUT2D eigenvalue weighted by Crippen LogP contribution is 2.77. The Kier molecular flexibility index (Phi) is 5.29. The lowest BCUT2D eigenvalue weighted by atomic mass is 9.36. The van der Waals surface area contributed by atoms with Crippen molar-refractivity contribution in [2.75, 3.05) is 7.11 Å². The smallest absolute Gasteiger partial charge is 0.309 e. The van der Waals surface area contributed by atoms with Crippen LogP contribution in [0.3, 0.4) is 0 Å². The second kappa shape index (κ2) is 7.43. The van der Waals surface area contributed by atoms with Gasteiger partial charge in [-0.05, 0) is 30.2 Å². The zero-order valence-electron chi connectivity index (χ0n) is 21.8. The summed E-state index contributed by atoms with van der Waals surface area (Å²) in [6, 6.07) is 1.72. The number of Topliss-reactive ketones (excluding diaryl/α,β-unsaturated/α-hetero) is 1. The molecular formula is C27H36O10. The molecule has 5 fully saturated rings. The van der Waals surface area contributed by atoms with E-state index in [1.54, 1.807) is 13.0 Å². The summed E-state index contributed by atoms with van der Waals surface area (Å²) in [4.78, 5) is 39.7. The fourth-order valence-corrected chi connectivity index (χ4v) is 9.48. The van der Waals surface area contributed by atoms with Crippen LogP contribution < -0.4 is 0 Å². The van der Waals surface area contributed by atoms with Crippen molar-refractivity contribution in [3.63, 3.8) is 0 Å². The minimum Gasteiger partial charge on any atom is -0.472 e. The van der Waals surface area contributed by atoms with E-state index in [1.165, 1.54) is 19.6 Å².